The summed E-state index contributed by atoms with van der Waals surface area (Å²) in [6.07, 6.45) is 6.79. The average Bonchev–Trinajstić information content (AvgIpc) is 3.42. The molecule has 4 nitrogen and oxygen atoms in total. The van der Waals surface area contributed by atoms with Crippen LogP contribution in [0.4, 0.5) is 5.69 Å². The number of halogens is 1. The number of aromatic nitrogens is 1. The molecule has 0 atom stereocenters. The molecule has 0 bridgehead atoms. The number of rotatable bonds is 9. The lowest BCUT2D eigenvalue weighted by Crippen LogP contribution is -2.17. The fourth-order valence-electron chi connectivity index (χ4n) is 5.06. The zero-order chi connectivity index (χ0) is 23.4. The maximum absolute atomic E-state index is 12.7. The lowest BCUT2D eigenvalue weighted by molar-refractivity contribution is 0.1000. The molecule has 33 heavy (non-hydrogen) atoms. The lowest BCUT2D eigenvalue weighted by Gasteiger charge is -2.18. The van der Waals surface area contributed by atoms with E-state index in [-0.39, 0.29) is 5.91 Å². The van der Waals surface area contributed by atoms with Gasteiger partial charge in [0.1, 0.15) is 0 Å². The summed E-state index contributed by atoms with van der Waals surface area (Å²) >= 11 is 6.26. The Kier molecular flexibility index (Phi) is 7.44. The summed E-state index contributed by atoms with van der Waals surface area (Å²) in [5.74, 6) is -0.368. The van der Waals surface area contributed by atoms with E-state index in [1.165, 1.54) is 24.2 Å². The van der Waals surface area contributed by atoms with Crippen LogP contribution in [-0.4, -0.2) is 23.6 Å². The van der Waals surface area contributed by atoms with Gasteiger partial charge in [0.15, 0.2) is 0 Å². The van der Waals surface area contributed by atoms with Gasteiger partial charge in [0.05, 0.1) is 5.56 Å². The van der Waals surface area contributed by atoms with E-state index in [2.05, 4.69) is 46.7 Å². The first kappa shape index (κ1) is 23.4. The first-order chi connectivity index (χ1) is 16.0. The van der Waals surface area contributed by atoms with Crippen LogP contribution in [0.2, 0.25) is 5.02 Å². The molecular formula is C28H34ClN3O. The highest BCUT2D eigenvalue weighted by atomic mass is 35.5. The number of unbranched alkanes of at least 4 members (excludes halogenated alkanes) is 2. The first-order valence-corrected chi connectivity index (χ1v) is 12.5. The number of nitrogens with two attached hydrogens (primary N) is 1. The molecular weight excluding hydrogens is 430 g/mol. The summed E-state index contributed by atoms with van der Waals surface area (Å²) in [6.45, 7) is 7.12. The predicted octanol–water partition coefficient (Wildman–Crippen LogP) is 6.60. The highest BCUT2D eigenvalue weighted by Crippen LogP contribution is 2.36. The second kappa shape index (κ2) is 10.5. The molecule has 2 N–H and O–H groups in total. The van der Waals surface area contributed by atoms with Crippen LogP contribution in [0.25, 0.3) is 11.1 Å². The van der Waals surface area contributed by atoms with Gasteiger partial charge in [0.2, 0.25) is 0 Å². The van der Waals surface area contributed by atoms with Gasteiger partial charge in [-0.2, -0.15) is 0 Å². The Morgan fingerprint density at radius 3 is 2.42 bits per heavy atom. The SMILES string of the molecule is CCCCCc1c(-c2ccc(N3CCCC3)cc2)c(C(N)=O)c(C)n1Cc1cccc(Cl)c1. The number of hydrogen-bond donors (Lipinski definition) is 1. The normalized spacial score (nSPS) is 13.6. The molecule has 0 aliphatic carbocycles. The molecule has 1 amide bonds. The van der Waals surface area contributed by atoms with Gasteiger partial charge in [-0.25, -0.2) is 0 Å². The summed E-state index contributed by atoms with van der Waals surface area (Å²) in [7, 11) is 0. The number of hydrogen-bond acceptors (Lipinski definition) is 2. The Bertz CT molecular complexity index is 1110. The number of anilines is 1. The molecule has 1 saturated heterocycles. The van der Waals surface area contributed by atoms with Crippen molar-refractivity contribution in [3.63, 3.8) is 0 Å². The molecule has 2 aromatic carbocycles. The zero-order valence-corrected chi connectivity index (χ0v) is 20.5. The highest BCUT2D eigenvalue weighted by Gasteiger charge is 2.25. The summed E-state index contributed by atoms with van der Waals surface area (Å²) in [4.78, 5) is 15.1. The summed E-state index contributed by atoms with van der Waals surface area (Å²) in [6, 6.07) is 16.6. The summed E-state index contributed by atoms with van der Waals surface area (Å²) < 4.78 is 2.27. The van der Waals surface area contributed by atoms with E-state index >= 15 is 0 Å². The fourth-order valence-corrected chi connectivity index (χ4v) is 5.27. The number of nitrogens with zero attached hydrogens (tertiary/aromatic N) is 2. The summed E-state index contributed by atoms with van der Waals surface area (Å²) in [5.41, 5.74) is 13.1. The molecule has 1 aromatic heterocycles. The van der Waals surface area contributed by atoms with Crippen LogP contribution < -0.4 is 10.6 Å². The Morgan fingerprint density at radius 1 is 1.06 bits per heavy atom. The van der Waals surface area contributed by atoms with Gasteiger partial charge in [-0.3, -0.25) is 4.79 Å². The largest absolute Gasteiger partial charge is 0.372 e. The molecule has 1 aliphatic heterocycles. The van der Waals surface area contributed by atoms with Crippen LogP contribution in [0.1, 0.15) is 66.3 Å². The van der Waals surface area contributed by atoms with Crippen molar-refractivity contribution < 1.29 is 4.79 Å². The van der Waals surface area contributed by atoms with Crippen molar-refractivity contribution in [2.45, 2.75) is 58.9 Å². The van der Waals surface area contributed by atoms with Crippen LogP contribution in [0.5, 0.6) is 0 Å². The van der Waals surface area contributed by atoms with Crippen molar-refractivity contribution in [3.8, 4) is 11.1 Å². The molecule has 0 unspecified atom stereocenters. The van der Waals surface area contributed by atoms with E-state index in [1.54, 1.807) is 0 Å². The highest BCUT2D eigenvalue weighted by molar-refractivity contribution is 6.30. The van der Waals surface area contributed by atoms with Crippen molar-refractivity contribution >= 4 is 23.2 Å². The van der Waals surface area contributed by atoms with Crippen LogP contribution in [0.3, 0.4) is 0 Å². The van der Waals surface area contributed by atoms with Crippen LogP contribution >= 0.6 is 11.6 Å². The minimum absolute atomic E-state index is 0.368. The second-order valence-electron chi connectivity index (χ2n) is 9.06. The lowest BCUT2D eigenvalue weighted by atomic mass is 9.97. The monoisotopic (exact) mass is 463 g/mol. The van der Waals surface area contributed by atoms with E-state index in [1.807, 2.05) is 25.1 Å². The van der Waals surface area contributed by atoms with Crippen LogP contribution in [0.15, 0.2) is 48.5 Å². The number of amides is 1. The first-order valence-electron chi connectivity index (χ1n) is 12.1. The van der Waals surface area contributed by atoms with Gasteiger partial charge < -0.3 is 15.2 Å². The van der Waals surface area contributed by atoms with Gasteiger partial charge in [0.25, 0.3) is 5.91 Å². The average molecular weight is 464 g/mol. The third-order valence-electron chi connectivity index (χ3n) is 6.75. The molecule has 1 fully saturated rings. The number of benzene rings is 2. The fraction of sp³-hybridized carbons (Fsp3) is 0.393. The number of primary amides is 1. The molecule has 174 valence electrons. The van der Waals surface area contributed by atoms with Crippen molar-refractivity contribution in [1.29, 1.82) is 0 Å². The molecule has 1 aliphatic rings. The van der Waals surface area contributed by atoms with Gasteiger partial charge in [0, 0.05) is 47.3 Å². The Morgan fingerprint density at radius 2 is 1.79 bits per heavy atom. The molecule has 0 spiro atoms. The van der Waals surface area contributed by atoms with E-state index in [0.717, 1.165) is 66.2 Å². The molecule has 4 rings (SSSR count). The molecule has 5 heteroatoms. The molecule has 0 saturated carbocycles. The second-order valence-corrected chi connectivity index (χ2v) is 9.50. The zero-order valence-electron chi connectivity index (χ0n) is 19.7. The van der Waals surface area contributed by atoms with Crippen LogP contribution in [-0.2, 0) is 13.0 Å². The molecule has 2 heterocycles. The minimum atomic E-state index is -0.368. The van der Waals surface area contributed by atoms with E-state index in [0.29, 0.717) is 12.1 Å². The number of carbonyl (C=O) groups is 1. The third kappa shape index (κ3) is 5.11. The van der Waals surface area contributed by atoms with Crippen molar-refractivity contribution in [3.05, 3.63) is 76.1 Å². The smallest absolute Gasteiger partial charge is 0.251 e. The maximum atomic E-state index is 12.7. The minimum Gasteiger partial charge on any atom is -0.372 e. The van der Waals surface area contributed by atoms with Gasteiger partial charge >= 0.3 is 0 Å². The van der Waals surface area contributed by atoms with Gasteiger partial charge in [-0.1, -0.05) is 55.6 Å². The standard InChI is InChI=1S/C28H34ClN3O/c1-3-4-5-11-25-27(22-12-14-24(15-13-22)31-16-6-7-17-31)26(28(30)33)20(2)32(25)19-21-9-8-10-23(29)18-21/h8-10,12-15,18H,3-7,11,16-17,19H2,1-2H3,(H2,30,33). The molecule has 3 aromatic rings. The predicted molar refractivity (Wildman–Crippen MR) is 138 cm³/mol. The van der Waals surface area contributed by atoms with Crippen LogP contribution in [0, 0.1) is 6.92 Å². The quantitative estimate of drug-likeness (QED) is 0.363. The molecule has 0 radical (unpaired) electrons. The van der Waals surface area contributed by atoms with Gasteiger partial charge in [-0.05, 0) is 68.0 Å². The van der Waals surface area contributed by atoms with E-state index < -0.39 is 0 Å². The van der Waals surface area contributed by atoms with Crippen molar-refractivity contribution in [2.24, 2.45) is 5.73 Å². The van der Waals surface area contributed by atoms with Gasteiger partial charge in [-0.15, -0.1) is 0 Å². The number of carbonyl (C=O) groups excluding carboxylic acids is 1. The van der Waals surface area contributed by atoms with E-state index in [9.17, 15) is 4.79 Å². The Labute approximate surface area is 202 Å². The topological polar surface area (TPSA) is 51.3 Å². The third-order valence-corrected chi connectivity index (χ3v) is 6.99. The summed E-state index contributed by atoms with van der Waals surface area (Å²) in [5, 5.41) is 0.720. The van der Waals surface area contributed by atoms with Crippen molar-refractivity contribution in [1.82, 2.24) is 4.57 Å². The Hall–Kier alpha value is -2.72. The van der Waals surface area contributed by atoms with E-state index in [4.69, 9.17) is 17.3 Å². The maximum Gasteiger partial charge on any atom is 0.251 e. The Balaban J connectivity index is 1.80. The van der Waals surface area contributed by atoms with Crippen molar-refractivity contribution in [2.75, 3.05) is 18.0 Å².